The molecule has 0 bridgehead atoms. The number of carbonyl (C=O) groups excluding carboxylic acids is 3. The zero-order valence-electron chi connectivity index (χ0n) is 14.3. The van der Waals surface area contributed by atoms with Gasteiger partial charge in [0.2, 0.25) is 5.60 Å². The Hall–Kier alpha value is -3.35. The molecule has 2 rings (SSSR count). The molecule has 7 heteroatoms. The van der Waals surface area contributed by atoms with Crippen LogP contribution in [0.1, 0.15) is 36.2 Å². The van der Waals surface area contributed by atoms with Crippen LogP contribution in [0, 0.1) is 0 Å². The second kappa shape index (κ2) is 8.15. The summed E-state index contributed by atoms with van der Waals surface area (Å²) >= 11 is 0. The lowest BCUT2D eigenvalue weighted by molar-refractivity contribution is -0.270. The molecule has 0 amide bonds. The van der Waals surface area contributed by atoms with Gasteiger partial charge in [0.1, 0.15) is 5.75 Å². The molecule has 0 aliphatic heterocycles. The minimum Gasteiger partial charge on any atom is -0.507 e. The Kier molecular flexibility index (Phi) is 5.95. The van der Waals surface area contributed by atoms with Gasteiger partial charge in [-0.05, 0) is 18.2 Å². The lowest BCUT2D eigenvalue weighted by atomic mass is 9.90. The van der Waals surface area contributed by atoms with E-state index in [1.807, 2.05) is 0 Å². The zero-order chi connectivity index (χ0) is 19.2. The monoisotopic (exact) mass is 358 g/mol. The van der Waals surface area contributed by atoms with E-state index in [1.54, 1.807) is 37.3 Å². The highest BCUT2D eigenvalue weighted by Crippen LogP contribution is 2.37. The maximum Gasteiger partial charge on any atom is 0.403 e. The van der Waals surface area contributed by atoms with E-state index in [1.165, 1.54) is 24.3 Å². The van der Waals surface area contributed by atoms with Crippen LogP contribution in [-0.2, 0) is 29.7 Å². The van der Waals surface area contributed by atoms with E-state index in [0.29, 0.717) is 0 Å². The quantitative estimate of drug-likeness (QED) is 0.498. The number of ether oxygens (including phenoxy) is 1. The summed E-state index contributed by atoms with van der Waals surface area (Å²) in [5.41, 5.74) is -1.77. The summed E-state index contributed by atoms with van der Waals surface area (Å²) in [5, 5.41) is 10.2. The first-order chi connectivity index (χ1) is 12.4. The van der Waals surface area contributed by atoms with Crippen molar-refractivity contribution in [3.8, 4) is 5.75 Å². The van der Waals surface area contributed by atoms with Gasteiger partial charge in [-0.15, -0.1) is 0 Å². The van der Waals surface area contributed by atoms with Crippen LogP contribution in [0.15, 0.2) is 54.6 Å². The highest BCUT2D eigenvalue weighted by atomic mass is 17.2. The molecule has 0 spiro atoms. The second-order valence-corrected chi connectivity index (χ2v) is 5.40. The van der Waals surface area contributed by atoms with E-state index < -0.39 is 23.5 Å². The van der Waals surface area contributed by atoms with Gasteiger partial charge < -0.3 is 9.84 Å². The second-order valence-electron chi connectivity index (χ2n) is 5.40. The number of benzene rings is 2. The summed E-state index contributed by atoms with van der Waals surface area (Å²) in [6.45, 7) is 2.62. The van der Waals surface area contributed by atoms with Gasteiger partial charge in [-0.3, -0.25) is 0 Å². The molecule has 7 nitrogen and oxygen atoms in total. The van der Waals surface area contributed by atoms with Crippen molar-refractivity contribution in [3.63, 3.8) is 0 Å². The van der Waals surface area contributed by atoms with Crippen LogP contribution in [0.2, 0.25) is 0 Å². The Labute approximate surface area is 150 Å². The molecule has 0 saturated heterocycles. The fraction of sp³-hybridized carbons (Fsp3) is 0.211. The maximum atomic E-state index is 12.6. The molecule has 0 fully saturated rings. The van der Waals surface area contributed by atoms with E-state index in [0.717, 1.165) is 6.92 Å². The predicted octanol–water partition coefficient (Wildman–Crippen LogP) is 2.88. The minimum absolute atomic E-state index is 0.0175. The van der Waals surface area contributed by atoms with Gasteiger partial charge in [0.25, 0.3) is 0 Å². The molecular formula is C19H18O7. The molecule has 0 saturated carbocycles. The summed E-state index contributed by atoms with van der Waals surface area (Å²) in [4.78, 5) is 44.9. The van der Waals surface area contributed by atoms with Gasteiger partial charge in [-0.25, -0.2) is 24.2 Å². The first-order valence-electron chi connectivity index (χ1n) is 7.87. The van der Waals surface area contributed by atoms with Crippen LogP contribution >= 0.6 is 0 Å². The summed E-state index contributed by atoms with van der Waals surface area (Å²) in [6.07, 6.45) is -0.0662. The van der Waals surface area contributed by atoms with Gasteiger partial charge in [0.15, 0.2) is 0 Å². The topological polar surface area (TPSA) is 99.1 Å². The number of para-hydroxylation sites is 1. The Morgan fingerprint density at radius 2 is 1.58 bits per heavy atom. The van der Waals surface area contributed by atoms with Crippen LogP contribution in [0.4, 0.5) is 0 Å². The van der Waals surface area contributed by atoms with E-state index in [2.05, 4.69) is 9.78 Å². The minimum atomic E-state index is -1.99. The van der Waals surface area contributed by atoms with Crippen molar-refractivity contribution in [3.05, 3.63) is 65.7 Å². The molecule has 1 unspecified atom stereocenters. The van der Waals surface area contributed by atoms with Crippen molar-refractivity contribution in [2.45, 2.75) is 25.9 Å². The third-order valence-electron chi connectivity index (χ3n) is 3.68. The average molecular weight is 358 g/mol. The largest absolute Gasteiger partial charge is 0.507 e. The van der Waals surface area contributed by atoms with E-state index in [9.17, 15) is 19.5 Å². The maximum absolute atomic E-state index is 12.6. The first-order valence-corrected chi connectivity index (χ1v) is 7.87. The van der Waals surface area contributed by atoms with Crippen molar-refractivity contribution in [2.75, 3.05) is 0 Å². The van der Waals surface area contributed by atoms with E-state index >= 15 is 0 Å². The summed E-state index contributed by atoms with van der Waals surface area (Å²) in [7, 11) is 0. The van der Waals surface area contributed by atoms with Gasteiger partial charge in [-0.1, -0.05) is 43.3 Å². The Morgan fingerprint density at radius 1 is 0.962 bits per heavy atom. The molecule has 0 radical (unpaired) electrons. The van der Waals surface area contributed by atoms with Crippen LogP contribution < -0.4 is 0 Å². The molecule has 2 aromatic carbocycles. The van der Waals surface area contributed by atoms with Crippen molar-refractivity contribution >= 4 is 17.9 Å². The van der Waals surface area contributed by atoms with Gasteiger partial charge in [0, 0.05) is 18.9 Å². The molecule has 1 atom stereocenters. The molecule has 1 N–H and O–H groups in total. The number of hydrogen-bond donors (Lipinski definition) is 1. The van der Waals surface area contributed by atoms with Crippen molar-refractivity contribution in [2.24, 2.45) is 0 Å². The van der Waals surface area contributed by atoms with Crippen LogP contribution in [0.25, 0.3) is 0 Å². The highest BCUT2D eigenvalue weighted by molar-refractivity contribution is 5.93. The summed E-state index contributed by atoms with van der Waals surface area (Å²) < 4.78 is 5.47. The average Bonchev–Trinajstić information content (AvgIpc) is 2.65. The van der Waals surface area contributed by atoms with Crippen LogP contribution in [0.3, 0.4) is 0 Å². The molecule has 0 aliphatic rings. The van der Waals surface area contributed by atoms with E-state index in [4.69, 9.17) is 4.74 Å². The molecule has 0 aromatic heterocycles. The fourth-order valence-corrected chi connectivity index (χ4v) is 2.38. The summed E-state index contributed by atoms with van der Waals surface area (Å²) in [6, 6.07) is 13.9. The Balaban J connectivity index is 2.46. The van der Waals surface area contributed by atoms with Crippen molar-refractivity contribution < 1.29 is 34.0 Å². The molecule has 2 aromatic rings. The molecule has 136 valence electrons. The lowest BCUT2D eigenvalue weighted by Gasteiger charge is -2.30. The predicted molar refractivity (Wildman–Crippen MR) is 89.8 cm³/mol. The number of phenols is 1. The van der Waals surface area contributed by atoms with Gasteiger partial charge in [0.05, 0.1) is 5.56 Å². The number of phenolic OH excluding ortho intramolecular Hbond substituents is 1. The Bertz CT molecular complexity index is 801. The smallest absolute Gasteiger partial charge is 0.403 e. The fourth-order valence-electron chi connectivity index (χ4n) is 2.38. The molecule has 0 heterocycles. The molecular weight excluding hydrogens is 340 g/mol. The zero-order valence-corrected chi connectivity index (χ0v) is 14.3. The number of aromatic hydroxyl groups is 1. The van der Waals surface area contributed by atoms with Crippen molar-refractivity contribution in [1.82, 2.24) is 0 Å². The lowest BCUT2D eigenvalue weighted by Crippen LogP contribution is -2.42. The third kappa shape index (κ3) is 4.00. The number of esters is 1. The SMILES string of the molecule is CCC(OC(=O)c1ccccc1)(C(=O)OOC(C)=O)c1ccccc1O. The Morgan fingerprint density at radius 3 is 2.15 bits per heavy atom. The van der Waals surface area contributed by atoms with Crippen molar-refractivity contribution in [1.29, 1.82) is 0 Å². The van der Waals surface area contributed by atoms with Crippen LogP contribution in [-0.4, -0.2) is 23.0 Å². The standard InChI is InChI=1S/C19H18O7/c1-3-19(18(23)26-25-13(2)20,15-11-7-8-12-16(15)21)24-17(22)14-9-5-4-6-10-14/h4-12,21H,3H2,1-2H3. The number of carbonyl (C=O) groups is 3. The number of hydrogen-bond acceptors (Lipinski definition) is 7. The van der Waals surface area contributed by atoms with Crippen LogP contribution in [0.5, 0.6) is 5.75 Å². The van der Waals surface area contributed by atoms with E-state index in [-0.39, 0.29) is 23.3 Å². The first kappa shape index (κ1) is 19.0. The van der Waals surface area contributed by atoms with Gasteiger partial charge in [-0.2, -0.15) is 0 Å². The number of rotatable bonds is 5. The molecule has 26 heavy (non-hydrogen) atoms. The van der Waals surface area contributed by atoms with Gasteiger partial charge >= 0.3 is 17.9 Å². The molecule has 0 aliphatic carbocycles. The third-order valence-corrected chi connectivity index (χ3v) is 3.68. The highest BCUT2D eigenvalue weighted by Gasteiger charge is 2.48. The summed E-state index contributed by atoms with van der Waals surface area (Å²) in [5.74, 6) is -3.05. The normalized spacial score (nSPS) is 12.5.